The van der Waals surface area contributed by atoms with Crippen molar-refractivity contribution in [3.05, 3.63) is 11.6 Å². The third-order valence-electron chi connectivity index (χ3n) is 31.2. The van der Waals surface area contributed by atoms with Gasteiger partial charge >= 0.3 is 5.97 Å². The van der Waals surface area contributed by atoms with E-state index in [1.807, 2.05) is 0 Å². The number of nitrogens with one attached hydrogen (secondary N) is 1. The maximum Gasteiger partial charge on any atom is 0.317 e. The molecule has 1 amide bonds. The Kier molecular flexibility index (Phi) is 32.3. The van der Waals surface area contributed by atoms with Gasteiger partial charge in [0.15, 0.2) is 50.1 Å². The summed E-state index contributed by atoms with van der Waals surface area (Å²) in [6.45, 7) is 12.4. The Labute approximate surface area is 732 Å². The minimum atomic E-state index is -2.19. The Hall–Kier alpha value is -3.05. The Morgan fingerprint density at radius 1 is 0.492 bits per heavy atom. The average Bonchev–Trinajstić information content (AvgIpc) is 0.896. The molecule has 0 spiro atoms. The van der Waals surface area contributed by atoms with E-state index >= 15 is 4.79 Å². The molecule has 4 saturated carbocycles. The molecule has 16 unspecified atom stereocenters. The molecule has 0 aromatic rings. The lowest BCUT2D eigenvalue weighted by Gasteiger charge is -2.71. The number of hydrogen-bond acceptors (Lipinski definition) is 39. The van der Waals surface area contributed by atoms with E-state index in [-0.39, 0.29) is 31.6 Å². The minimum absolute atomic E-state index is 0.0141. The number of carbonyl (C=O) groups excluding carboxylic acids is 3. The Morgan fingerprint density at radius 2 is 1.03 bits per heavy atom. The number of carbonyl (C=O) groups is 3. The number of rotatable bonds is 31. The molecule has 8 heterocycles. The van der Waals surface area contributed by atoms with Gasteiger partial charge in [-0.1, -0.05) is 111 Å². The van der Waals surface area contributed by atoms with Crippen molar-refractivity contribution < 1.29 is 192 Å². The molecular formula is C86H141NO39. The van der Waals surface area contributed by atoms with Crippen LogP contribution in [0.1, 0.15) is 184 Å². The van der Waals surface area contributed by atoms with Gasteiger partial charge in [0.25, 0.3) is 0 Å². The van der Waals surface area contributed by atoms with Gasteiger partial charge < -0.3 is 188 Å². The fourth-order valence-corrected chi connectivity index (χ4v) is 23.3. The molecule has 0 aromatic carbocycles. The van der Waals surface area contributed by atoms with Gasteiger partial charge in [0.2, 0.25) is 12.2 Å². The molecule has 45 atom stereocenters. The fraction of sp³-hybridized carbons (Fsp3) is 0.942. The predicted molar refractivity (Wildman–Crippen MR) is 426 cm³/mol. The smallest absolute Gasteiger partial charge is 0.317 e. The van der Waals surface area contributed by atoms with Crippen LogP contribution in [0.3, 0.4) is 0 Å². The lowest BCUT2D eigenvalue weighted by atomic mass is 9.33. The zero-order chi connectivity index (χ0) is 91.6. The largest absolute Gasteiger partial charge is 0.432 e. The predicted octanol–water partition coefficient (Wildman–Crippen LogP) is -3.93. The molecule has 0 radical (unpaired) electrons. The third-order valence-corrected chi connectivity index (χ3v) is 31.2. The van der Waals surface area contributed by atoms with Crippen LogP contribution < -0.4 is 5.32 Å². The second kappa shape index (κ2) is 40.5. The van der Waals surface area contributed by atoms with E-state index in [4.69, 9.17) is 75.8 Å². The normalized spacial score (nSPS) is 50.9. The highest BCUT2D eigenvalue weighted by Crippen LogP contribution is 2.76. The number of aldehydes is 1. The van der Waals surface area contributed by atoms with Crippen molar-refractivity contribution in [2.24, 2.45) is 50.2 Å². The number of aliphatic hydroxyl groups is 20. The zero-order valence-corrected chi connectivity index (χ0v) is 73.3. The maximum absolute atomic E-state index is 16.7. The summed E-state index contributed by atoms with van der Waals surface area (Å²) >= 11 is 0. The summed E-state index contributed by atoms with van der Waals surface area (Å²) < 4.78 is 99.3. The summed E-state index contributed by atoms with van der Waals surface area (Å²) in [5.74, 6) is -3.01. The molecule has 13 rings (SSSR count). The summed E-state index contributed by atoms with van der Waals surface area (Å²) in [7, 11) is 0. The molecule has 12 fully saturated rings. The minimum Gasteiger partial charge on any atom is -0.432 e. The summed E-state index contributed by atoms with van der Waals surface area (Å²) in [5, 5.41) is 228. The Balaban J connectivity index is 0.795. The molecule has 724 valence electrons. The first kappa shape index (κ1) is 100. The number of hydrogen-bond donors (Lipinski definition) is 21. The summed E-state index contributed by atoms with van der Waals surface area (Å²) in [6, 6.07) is -1.56. The van der Waals surface area contributed by atoms with Crippen molar-refractivity contribution >= 4 is 18.2 Å². The molecule has 5 aliphatic carbocycles. The lowest BCUT2D eigenvalue weighted by molar-refractivity contribution is -0.386. The van der Waals surface area contributed by atoms with Crippen LogP contribution >= 0.6 is 0 Å². The Bertz CT molecular complexity index is 3610. The first-order valence-corrected chi connectivity index (χ1v) is 45.3. The molecular weight excluding hydrogens is 1670 g/mol. The van der Waals surface area contributed by atoms with Crippen LogP contribution in [0.5, 0.6) is 0 Å². The number of allylic oxidation sites excluding steroid dienone is 2. The van der Waals surface area contributed by atoms with Gasteiger partial charge in [0, 0.05) is 6.42 Å². The number of amides is 1. The van der Waals surface area contributed by atoms with Crippen LogP contribution in [-0.4, -0.2) is 393 Å². The van der Waals surface area contributed by atoms with E-state index in [0.29, 0.717) is 51.4 Å². The summed E-state index contributed by atoms with van der Waals surface area (Å²) in [4.78, 5) is 45.6. The first-order valence-electron chi connectivity index (χ1n) is 45.3. The molecule has 126 heavy (non-hydrogen) atoms. The fourth-order valence-electron chi connectivity index (χ4n) is 23.3. The molecule has 21 N–H and O–H groups in total. The topological polar surface area (TPSA) is 616 Å². The van der Waals surface area contributed by atoms with Gasteiger partial charge in [-0.05, 0) is 117 Å². The van der Waals surface area contributed by atoms with Gasteiger partial charge in [-0.25, -0.2) is 0 Å². The second-order valence-corrected chi connectivity index (χ2v) is 39.8. The highest BCUT2D eigenvalue weighted by atomic mass is 16.8. The molecule has 40 heteroatoms. The average molecular weight is 1810 g/mol. The van der Waals surface area contributed by atoms with E-state index in [1.165, 1.54) is 13.8 Å². The van der Waals surface area contributed by atoms with Crippen molar-refractivity contribution in [3.8, 4) is 0 Å². The number of unbranched alkanes of at least 4 members (excludes halogenated alkanes) is 8. The van der Waals surface area contributed by atoms with E-state index in [1.54, 1.807) is 6.92 Å². The maximum atomic E-state index is 16.7. The van der Waals surface area contributed by atoms with Crippen LogP contribution in [-0.2, 0) is 90.2 Å². The second-order valence-electron chi connectivity index (χ2n) is 39.8. The molecule has 13 aliphatic rings. The highest BCUT2D eigenvalue weighted by molar-refractivity contribution is 5.80. The van der Waals surface area contributed by atoms with Crippen molar-refractivity contribution in [2.45, 2.75) is 411 Å². The number of ether oxygens (including phenoxy) is 16. The van der Waals surface area contributed by atoms with E-state index in [2.05, 4.69) is 52.9 Å². The highest BCUT2D eigenvalue weighted by Gasteiger charge is 2.74. The quantitative estimate of drug-likeness (QED) is 0.0104. The summed E-state index contributed by atoms with van der Waals surface area (Å²) in [6.07, 6.45) is -47.1. The van der Waals surface area contributed by atoms with Crippen LogP contribution in [0.2, 0.25) is 0 Å². The van der Waals surface area contributed by atoms with Crippen molar-refractivity contribution in [2.75, 3.05) is 46.2 Å². The molecule has 0 aromatic heterocycles. The number of fused-ring (bicyclic) bond motifs is 7. The lowest BCUT2D eigenvalue weighted by Crippen LogP contribution is -2.71. The van der Waals surface area contributed by atoms with Gasteiger partial charge in [0.1, 0.15) is 152 Å². The SMILES string of the molecule is CCCCCCCCCCCC(=O)N[C@H]1C(CO)O[C@@H](OC(=O)[C@]23CCC(C)(C)CC2C2=CCC4C5(C)CC[C@H](O[C@@H]6OC[C@@H](O)[C@H](O[C@@H]7OC[C@@H](O)[C@H](O)C7O)C6O[C@@H]6OC(CO)[C@H](O)[C@H](O)C6O)[C@](C)(C=O)[C@@H]5CC[C@]4(C)[C@]2(C)CC3O)[C@H](O[C@@H]2OC(C)[C@H](O[C@@H]3OC[C@@H](O)C(O[C@@H]4OC[C@@](O)(CO)C4O)[C@H]3O)C(O)[C@@H]2O)C1O[C@@H]1OC(C)[C@H](O)[C@H](O)C1O. The van der Waals surface area contributed by atoms with E-state index in [0.717, 1.165) is 56.8 Å². The number of aliphatic hydroxyl groups excluding tert-OH is 19. The van der Waals surface area contributed by atoms with Gasteiger partial charge in [0.05, 0.1) is 82.1 Å². The van der Waals surface area contributed by atoms with Crippen LogP contribution in [0, 0.1) is 50.2 Å². The Morgan fingerprint density at radius 3 is 1.67 bits per heavy atom. The van der Waals surface area contributed by atoms with Crippen LogP contribution in [0.4, 0.5) is 0 Å². The van der Waals surface area contributed by atoms with E-state index < -0.39 is 329 Å². The van der Waals surface area contributed by atoms with Gasteiger partial charge in [-0.15, -0.1) is 0 Å². The monoisotopic (exact) mass is 1810 g/mol. The molecule has 8 saturated heterocycles. The van der Waals surface area contributed by atoms with Crippen molar-refractivity contribution in [3.63, 3.8) is 0 Å². The van der Waals surface area contributed by atoms with E-state index in [9.17, 15) is 112 Å². The molecule has 40 nitrogen and oxygen atoms in total. The van der Waals surface area contributed by atoms with Crippen molar-refractivity contribution in [1.29, 1.82) is 0 Å². The standard InChI is InChI=1S/C86H141NO39/c1-10-11-12-13-14-15-16-17-18-19-51(96)87-52-45(30-88)117-77(69(67(52)123-73-60(104)56(100)53(97)38(2)115-73)125-74-62(106)58(102)64(39(3)116-74)120-72-63(107)65(43(93)33-112-72)121-78-70(108)85(110,36-91)37-114-78)126-79(109)86-27-26-80(4,5)28-41(86)40-20-21-48-81(6)24-23-50(82(7,35-90)47(81)22-25-83(48,8)84(40,9)29-49(86)95)119-76-68(124-75-61(105)57(101)55(99)46(31-89)118-75)66(44(94)34-113-76)122-71-59(103)54(98)42(92)32-111-71/h20,35,38-39,41-50,52-78,88-89,91-95,97-108,110H,10-19,21-34,36-37H2,1-9H3,(H,87,96)/t38?,39?,41?,42-,43-,44-,45?,46?,47-,48?,49?,50+,52+,53+,54+,55+,56+,57+,58?,59?,60?,61?,62+,63-,64+,65?,66+,67?,68?,69-,70?,71+,72+,73+,74+,75+,76+,77+,78+,81?,82-,83+,84-,85+,86-/m1/s1. The van der Waals surface area contributed by atoms with Gasteiger partial charge in [-0.2, -0.15) is 0 Å². The van der Waals surface area contributed by atoms with Crippen LogP contribution in [0.15, 0.2) is 11.6 Å². The molecule has 0 bridgehead atoms. The van der Waals surface area contributed by atoms with Crippen molar-refractivity contribution in [1.82, 2.24) is 5.32 Å². The summed E-state index contributed by atoms with van der Waals surface area (Å²) in [5.41, 5.74) is -7.19. The number of esters is 1. The zero-order valence-electron chi connectivity index (χ0n) is 73.3. The van der Waals surface area contributed by atoms with Crippen LogP contribution in [0.25, 0.3) is 0 Å². The first-order chi connectivity index (χ1) is 59.5. The molecule has 8 aliphatic heterocycles. The third kappa shape index (κ3) is 19.1. The van der Waals surface area contributed by atoms with Gasteiger partial charge in [-0.3, -0.25) is 9.59 Å².